The first-order valence-corrected chi connectivity index (χ1v) is 5.37. The molecular formula is C14H23N. The van der Waals surface area contributed by atoms with Crippen LogP contribution < -0.4 is 0 Å². The quantitative estimate of drug-likeness (QED) is 0.359. The molecule has 1 heteroatoms. The van der Waals surface area contributed by atoms with E-state index >= 15 is 0 Å². The van der Waals surface area contributed by atoms with Crippen LogP contribution >= 0.6 is 0 Å². The number of nitrogens with zero attached hydrogens (tertiary/aromatic N) is 1. The van der Waals surface area contributed by atoms with Crippen LogP contribution in [0.15, 0.2) is 41.1 Å². The van der Waals surface area contributed by atoms with Gasteiger partial charge in [0, 0.05) is 11.6 Å². The Morgan fingerprint density at radius 2 is 1.87 bits per heavy atom. The van der Waals surface area contributed by atoms with Gasteiger partial charge in [0.05, 0.1) is 0 Å². The van der Waals surface area contributed by atoms with Crippen LogP contribution in [0.5, 0.6) is 0 Å². The molecule has 0 aliphatic rings. The van der Waals surface area contributed by atoms with Crippen molar-refractivity contribution in [1.29, 1.82) is 0 Å². The lowest BCUT2D eigenvalue weighted by Crippen LogP contribution is -2.15. The molecule has 0 aromatic heterocycles. The molecule has 0 heterocycles. The topological polar surface area (TPSA) is 12.4 Å². The summed E-state index contributed by atoms with van der Waals surface area (Å²) in [6, 6.07) is 0. The molecule has 0 spiro atoms. The zero-order valence-corrected chi connectivity index (χ0v) is 10.7. The van der Waals surface area contributed by atoms with E-state index < -0.39 is 0 Å². The Labute approximate surface area is 94.3 Å². The molecular weight excluding hydrogens is 182 g/mol. The van der Waals surface area contributed by atoms with Gasteiger partial charge in [0.2, 0.25) is 0 Å². The van der Waals surface area contributed by atoms with Crippen molar-refractivity contribution < 1.29 is 0 Å². The summed E-state index contributed by atoms with van der Waals surface area (Å²) in [6.45, 7) is 18.1. The van der Waals surface area contributed by atoms with Crippen LogP contribution in [0.1, 0.15) is 34.6 Å². The molecule has 0 aliphatic carbocycles. The molecule has 0 fully saturated rings. The van der Waals surface area contributed by atoms with E-state index in [1.165, 1.54) is 11.1 Å². The van der Waals surface area contributed by atoms with Gasteiger partial charge < -0.3 is 0 Å². The van der Waals surface area contributed by atoms with Gasteiger partial charge in [-0.25, -0.2) is 0 Å². The summed E-state index contributed by atoms with van der Waals surface area (Å²) in [5, 5.41) is 0. The summed E-state index contributed by atoms with van der Waals surface area (Å²) in [5.74, 6) is 0.445. The summed E-state index contributed by atoms with van der Waals surface area (Å²) in [4.78, 5) is 3.89. The molecule has 0 unspecified atom stereocenters. The van der Waals surface area contributed by atoms with Crippen LogP contribution in [0.2, 0.25) is 0 Å². The van der Waals surface area contributed by atoms with E-state index in [4.69, 9.17) is 0 Å². The lowest BCUT2D eigenvalue weighted by Gasteiger charge is -2.28. The van der Waals surface area contributed by atoms with Crippen LogP contribution in [0.3, 0.4) is 0 Å². The Hall–Kier alpha value is -1.11. The van der Waals surface area contributed by atoms with E-state index in [-0.39, 0.29) is 5.41 Å². The van der Waals surface area contributed by atoms with Crippen LogP contribution in [0.4, 0.5) is 0 Å². The normalized spacial score (nSPS) is 14.3. The molecule has 0 aromatic rings. The highest BCUT2D eigenvalue weighted by atomic mass is 14.6. The van der Waals surface area contributed by atoms with Gasteiger partial charge in [-0.1, -0.05) is 39.8 Å². The second-order valence-electron chi connectivity index (χ2n) is 4.55. The van der Waals surface area contributed by atoms with Crippen molar-refractivity contribution in [1.82, 2.24) is 0 Å². The van der Waals surface area contributed by atoms with E-state index in [2.05, 4.69) is 59.0 Å². The molecule has 0 saturated carbocycles. The first kappa shape index (κ1) is 13.9. The number of hydrogen-bond acceptors (Lipinski definition) is 1. The van der Waals surface area contributed by atoms with Crippen molar-refractivity contribution in [3.63, 3.8) is 0 Å². The first-order chi connectivity index (χ1) is 6.90. The molecule has 0 rings (SSSR count). The maximum Gasteiger partial charge on any atom is 0.0298 e. The van der Waals surface area contributed by atoms with Crippen molar-refractivity contribution in [3.05, 3.63) is 36.1 Å². The molecule has 0 aromatic carbocycles. The summed E-state index contributed by atoms with van der Waals surface area (Å²) >= 11 is 0. The summed E-state index contributed by atoms with van der Waals surface area (Å²) in [6.07, 6.45) is 5.96. The van der Waals surface area contributed by atoms with Crippen molar-refractivity contribution in [3.8, 4) is 0 Å². The summed E-state index contributed by atoms with van der Waals surface area (Å²) in [7, 11) is 0. The third-order valence-corrected chi connectivity index (χ3v) is 2.66. The highest BCUT2D eigenvalue weighted by molar-refractivity contribution is 5.40. The van der Waals surface area contributed by atoms with Gasteiger partial charge in [0.15, 0.2) is 0 Å². The van der Waals surface area contributed by atoms with Crippen molar-refractivity contribution in [2.45, 2.75) is 34.6 Å². The van der Waals surface area contributed by atoms with E-state index in [0.717, 1.165) is 0 Å². The number of aliphatic imine (C=N–C) groups is 1. The summed E-state index contributed by atoms with van der Waals surface area (Å²) < 4.78 is 0. The fourth-order valence-electron chi connectivity index (χ4n) is 1.65. The second-order valence-corrected chi connectivity index (χ2v) is 4.55. The van der Waals surface area contributed by atoms with Crippen LogP contribution in [-0.4, -0.2) is 6.72 Å². The van der Waals surface area contributed by atoms with Gasteiger partial charge in [-0.3, -0.25) is 4.99 Å². The predicted octanol–water partition coefficient (Wildman–Crippen LogP) is 4.39. The van der Waals surface area contributed by atoms with E-state index in [1.54, 1.807) is 0 Å². The number of allylic oxidation sites excluding steroid dienone is 4. The van der Waals surface area contributed by atoms with E-state index in [0.29, 0.717) is 5.92 Å². The molecule has 1 nitrogen and oxygen atoms in total. The fraction of sp³-hybridized carbons (Fsp3) is 0.500. The minimum Gasteiger partial charge on any atom is -0.272 e. The number of rotatable bonds is 5. The lowest BCUT2D eigenvalue weighted by molar-refractivity contribution is 0.566. The highest BCUT2D eigenvalue weighted by Crippen LogP contribution is 2.36. The van der Waals surface area contributed by atoms with Gasteiger partial charge in [-0.15, -0.1) is 6.58 Å². The first-order valence-electron chi connectivity index (χ1n) is 5.37. The van der Waals surface area contributed by atoms with E-state index in [9.17, 15) is 0 Å². The zero-order valence-electron chi connectivity index (χ0n) is 10.7. The van der Waals surface area contributed by atoms with Crippen LogP contribution in [0, 0.1) is 11.3 Å². The van der Waals surface area contributed by atoms with Crippen LogP contribution in [0.25, 0.3) is 0 Å². The molecule has 0 aliphatic heterocycles. The second kappa shape index (κ2) is 5.69. The predicted molar refractivity (Wildman–Crippen MR) is 70.2 cm³/mol. The molecule has 84 valence electrons. The Morgan fingerprint density at radius 3 is 2.13 bits per heavy atom. The lowest BCUT2D eigenvalue weighted by atomic mass is 9.77. The SMILES string of the molecule is C=CC(C)(C)C(=C/C)/C(=C\N=C)C(C)C. The average Bonchev–Trinajstić information content (AvgIpc) is 2.17. The molecule has 0 saturated heterocycles. The molecule has 0 N–H and O–H groups in total. The fourth-order valence-corrected chi connectivity index (χ4v) is 1.65. The molecule has 0 bridgehead atoms. The Kier molecular flexibility index (Phi) is 5.27. The highest BCUT2D eigenvalue weighted by Gasteiger charge is 2.23. The minimum atomic E-state index is -0.0183. The van der Waals surface area contributed by atoms with E-state index in [1.807, 2.05) is 12.3 Å². The largest absolute Gasteiger partial charge is 0.272 e. The third-order valence-electron chi connectivity index (χ3n) is 2.66. The van der Waals surface area contributed by atoms with Gasteiger partial charge >= 0.3 is 0 Å². The molecule has 0 amide bonds. The van der Waals surface area contributed by atoms with Gasteiger partial charge in [-0.05, 0) is 30.7 Å². The van der Waals surface area contributed by atoms with Crippen LogP contribution in [-0.2, 0) is 0 Å². The third kappa shape index (κ3) is 3.50. The zero-order chi connectivity index (χ0) is 12.1. The Balaban J connectivity index is 5.39. The van der Waals surface area contributed by atoms with Gasteiger partial charge in [0.1, 0.15) is 0 Å². The van der Waals surface area contributed by atoms with Crippen molar-refractivity contribution in [2.75, 3.05) is 0 Å². The molecule has 15 heavy (non-hydrogen) atoms. The van der Waals surface area contributed by atoms with Crippen molar-refractivity contribution in [2.24, 2.45) is 16.3 Å². The summed E-state index contributed by atoms with van der Waals surface area (Å²) in [5.41, 5.74) is 2.49. The maximum absolute atomic E-state index is 3.89. The maximum atomic E-state index is 3.89. The van der Waals surface area contributed by atoms with Gasteiger partial charge in [0.25, 0.3) is 0 Å². The molecule has 0 atom stereocenters. The Bertz CT molecular complexity index is 290. The van der Waals surface area contributed by atoms with Gasteiger partial charge in [-0.2, -0.15) is 0 Å². The average molecular weight is 205 g/mol. The number of hydrogen-bond donors (Lipinski definition) is 0. The smallest absolute Gasteiger partial charge is 0.0298 e. The monoisotopic (exact) mass is 205 g/mol. The Morgan fingerprint density at radius 1 is 1.33 bits per heavy atom. The van der Waals surface area contributed by atoms with Crippen molar-refractivity contribution >= 4 is 6.72 Å². The minimum absolute atomic E-state index is 0.0183. The molecule has 0 radical (unpaired) electrons. The standard InChI is InChI=1S/C14H23N/c1-8-13(14(5,6)9-2)12(10-15-7)11(3)4/h8-11H,2,7H2,1,3-6H3/b12-10-,13-8+.